The van der Waals surface area contributed by atoms with E-state index in [9.17, 15) is 28.8 Å². The molecule has 4 aliphatic heterocycles. The number of ketones is 2. The Balaban J connectivity index is 0.000000398. The Morgan fingerprint density at radius 2 is 1.07 bits per heavy atom. The minimum Gasteiger partial charge on any atom is -0.793 e. The Bertz CT molecular complexity index is 2600. The van der Waals surface area contributed by atoms with Gasteiger partial charge in [-0.05, 0) is 87.5 Å². The normalized spacial score (nSPS) is 14.1. The number of carbonyl (C=O) groups is 7. The fourth-order valence-electron chi connectivity index (χ4n) is 8.21. The van der Waals surface area contributed by atoms with Gasteiger partial charge in [0.05, 0.1) is 26.3 Å². The molecule has 0 aliphatic carbocycles. The molecule has 2 aromatic heterocycles. The summed E-state index contributed by atoms with van der Waals surface area (Å²) in [6, 6.07) is 16.5. The Hall–Kier alpha value is -6.73. The predicted molar refractivity (Wildman–Crippen MR) is 302 cm³/mol. The van der Waals surface area contributed by atoms with Gasteiger partial charge in [-0.1, -0.05) is 82.0 Å². The summed E-state index contributed by atoms with van der Waals surface area (Å²) < 4.78 is 14.9. The first-order valence-electron chi connectivity index (χ1n) is 26.9. The van der Waals surface area contributed by atoms with Crippen LogP contribution in [0.5, 0.6) is 12.0 Å². The van der Waals surface area contributed by atoms with E-state index in [-0.39, 0.29) is 72.3 Å². The minimum absolute atomic E-state index is 0. The molecule has 0 spiro atoms. The molecule has 8 rings (SSSR count). The van der Waals surface area contributed by atoms with Gasteiger partial charge in [-0.3, -0.25) is 28.9 Å². The molecule has 3 radical (unpaired) electrons. The van der Waals surface area contributed by atoms with Gasteiger partial charge >= 0.3 is 53.5 Å². The maximum absolute atomic E-state index is 12.4. The number of hydrogen-bond acceptors (Lipinski definition) is 22. The van der Waals surface area contributed by atoms with Crippen LogP contribution >= 0.6 is 0 Å². The van der Waals surface area contributed by atoms with Crippen molar-refractivity contribution in [3.63, 3.8) is 0 Å². The Kier molecular flexibility index (Phi) is 34.4. The number of nitrogen functional groups attached to an aromatic ring is 2. The molecule has 25 heteroatoms. The van der Waals surface area contributed by atoms with Gasteiger partial charge in [0.1, 0.15) is 29.6 Å². The van der Waals surface area contributed by atoms with E-state index < -0.39 is 23.9 Å². The number of ether oxygens (including phenoxy) is 2. The zero-order valence-corrected chi connectivity index (χ0v) is 50.2. The number of carbonyl (C=O) groups excluding carboxylic acids is 6. The number of aldehydes is 1. The quantitative estimate of drug-likeness (QED) is 0.0437. The zero-order chi connectivity index (χ0) is 58.8. The molecule has 6 N–H and O–H groups in total. The standard InChI is InChI=1S/C24H33N5O2.C19H22N4O3.C5H11N.C4H6O4.C2H3BO2.C2H4O2.Na/c1-2-3-12-31-24-26-22(25)21-14-20(30)17-29(23(21)27-24)16-19-9-7-8-18(13-19)15-28-10-5-4-6-11-28;1-2-3-7-26-19-21-17(20)16-9-15(25)11-23(18(16)22-19)10-13-5-4-6-14(8-13)12-24;1-2-4-6-5-3-1;1-3(5)7-8-4(2)6;1-2(4)5-3;1-2(3)4;/h7-9,13H,2-6,10-12,14-17H2,1H3,(H2,25,26,27);4-6,8,12H,2-3,7,9-11H2,1H3,(H2,20,21,22);6H,1-5H2;1-2H3;1H3;1H3,(H,3,4);/q;;;;-1;;+1. The molecule has 0 saturated carbocycles. The van der Waals surface area contributed by atoms with Gasteiger partial charge in [0.2, 0.25) is 5.97 Å². The van der Waals surface area contributed by atoms with Crippen LogP contribution in [0.3, 0.4) is 0 Å². The van der Waals surface area contributed by atoms with Crippen molar-refractivity contribution in [1.29, 1.82) is 0 Å². The van der Waals surface area contributed by atoms with Crippen LogP contribution in [0.4, 0.5) is 23.3 Å². The number of carboxylic acids is 1. The molecule has 0 unspecified atom stereocenters. The fraction of sp³-hybridized carbons (Fsp3) is 0.518. The van der Waals surface area contributed by atoms with Crippen LogP contribution < -0.4 is 65.6 Å². The molecule has 0 bridgehead atoms. The molecular weight excluding hydrogens is 1050 g/mol. The van der Waals surface area contributed by atoms with E-state index in [1.54, 1.807) is 12.1 Å². The third-order valence-electron chi connectivity index (χ3n) is 11.9. The van der Waals surface area contributed by atoms with Crippen molar-refractivity contribution in [1.82, 2.24) is 30.2 Å². The van der Waals surface area contributed by atoms with Gasteiger partial charge in [-0.25, -0.2) is 19.4 Å². The van der Waals surface area contributed by atoms with Crippen molar-refractivity contribution >= 4 is 73.1 Å². The van der Waals surface area contributed by atoms with E-state index in [0.717, 1.165) is 70.7 Å². The topological polar surface area (TPSA) is 311 Å². The van der Waals surface area contributed by atoms with Crippen molar-refractivity contribution in [3.8, 4) is 12.0 Å². The van der Waals surface area contributed by atoms with Gasteiger partial charge in [0, 0.05) is 76.9 Å². The molecular formula is C56H79BN10NaO13. The molecule has 435 valence electrons. The number of unbranched alkanes of at least 4 members (excludes halogenated alkanes) is 2. The van der Waals surface area contributed by atoms with Gasteiger partial charge in [0.25, 0.3) is 5.97 Å². The monoisotopic (exact) mass is 1130 g/mol. The Morgan fingerprint density at radius 1 is 0.654 bits per heavy atom. The number of aliphatic carboxylic acids is 1. The van der Waals surface area contributed by atoms with E-state index in [1.165, 1.54) is 82.8 Å². The average molecular weight is 1130 g/mol. The number of Topliss-reactive ketones (excluding diaryl/α,β-unsaturated/α-hetero) is 2. The molecule has 2 aromatic carbocycles. The number of piperidine rings is 2. The molecule has 23 nitrogen and oxygen atoms in total. The van der Waals surface area contributed by atoms with Crippen molar-refractivity contribution in [3.05, 3.63) is 81.9 Å². The van der Waals surface area contributed by atoms with Crippen LogP contribution in [-0.2, 0) is 75.7 Å². The number of nitrogens with two attached hydrogens (primary N) is 2. The zero-order valence-electron chi connectivity index (χ0n) is 48.2. The molecule has 0 amide bonds. The van der Waals surface area contributed by atoms with E-state index in [0.29, 0.717) is 67.2 Å². The number of rotatable bonds is 15. The van der Waals surface area contributed by atoms with Crippen LogP contribution in [0.1, 0.15) is 144 Å². The van der Waals surface area contributed by atoms with Crippen LogP contribution in [0.15, 0.2) is 48.5 Å². The van der Waals surface area contributed by atoms with Crippen molar-refractivity contribution in [2.24, 2.45) is 0 Å². The third-order valence-corrected chi connectivity index (χ3v) is 11.9. The summed E-state index contributed by atoms with van der Waals surface area (Å²) in [5, 5.41) is 10.7. The number of hydrogen-bond donors (Lipinski definition) is 4. The van der Waals surface area contributed by atoms with Crippen LogP contribution in [-0.4, -0.2) is 132 Å². The van der Waals surface area contributed by atoms with Crippen LogP contribution in [0, 0.1) is 0 Å². The number of aromatic nitrogens is 4. The number of nitrogens with zero attached hydrogens (tertiary/aromatic N) is 7. The first kappa shape index (κ1) is 70.4. The van der Waals surface area contributed by atoms with E-state index in [2.05, 4.69) is 90.7 Å². The number of fused-ring (bicyclic) bond motifs is 2. The Morgan fingerprint density at radius 3 is 1.46 bits per heavy atom. The van der Waals surface area contributed by atoms with E-state index >= 15 is 0 Å². The van der Waals surface area contributed by atoms with Crippen LogP contribution in [0.25, 0.3) is 0 Å². The molecule has 2 saturated heterocycles. The summed E-state index contributed by atoms with van der Waals surface area (Å²) in [4.78, 5) is 105. The second-order valence-electron chi connectivity index (χ2n) is 19.0. The fourth-order valence-corrected chi connectivity index (χ4v) is 8.21. The second kappa shape index (κ2) is 39.6. The number of likely N-dealkylation sites (tertiary alicyclic amines) is 1. The summed E-state index contributed by atoms with van der Waals surface area (Å²) in [6.45, 7) is 17.3. The number of benzene rings is 2. The SMILES string of the molecule is C1CCNCC1.CC(=O)O.CC(=O)OOC(C)=O.CCCCOc1nc(N)c2c(n1)N(Cc1cccc(C=O)c1)CC(=O)C2.CCCCOc1nc(N)c2c(n1)N(Cc1cccc(CN3CCCCC3)c1)CC(=O)C2.[B-]OC(C)=O.[Na+]. The average Bonchev–Trinajstić information content (AvgIpc) is 3.42. The maximum Gasteiger partial charge on any atom is 1.00 e. The molecule has 6 heterocycles. The number of nitrogens with one attached hydrogen (secondary N) is 1. The molecule has 4 aliphatic rings. The van der Waals surface area contributed by atoms with E-state index in [1.807, 2.05) is 21.9 Å². The van der Waals surface area contributed by atoms with Gasteiger partial charge in [0.15, 0.2) is 11.6 Å². The first-order valence-corrected chi connectivity index (χ1v) is 26.9. The molecule has 4 aromatic rings. The number of carboxylic acid groups (broad SMARTS) is 1. The summed E-state index contributed by atoms with van der Waals surface area (Å²) in [5.41, 5.74) is 17.6. The molecule has 2 fully saturated rings. The summed E-state index contributed by atoms with van der Waals surface area (Å²) in [7, 11) is 4.32. The van der Waals surface area contributed by atoms with Gasteiger partial charge in [-0.15, -0.1) is 0 Å². The van der Waals surface area contributed by atoms with Gasteiger partial charge < -0.3 is 53.9 Å². The second-order valence-corrected chi connectivity index (χ2v) is 19.0. The largest absolute Gasteiger partial charge is 1.00 e. The van der Waals surface area contributed by atoms with Gasteiger partial charge in [-0.2, -0.15) is 19.9 Å². The van der Waals surface area contributed by atoms with Crippen LogP contribution in [0.2, 0.25) is 0 Å². The summed E-state index contributed by atoms with van der Waals surface area (Å²) in [5.74, 6) is -0.425. The van der Waals surface area contributed by atoms with Crippen molar-refractivity contribution in [2.45, 2.75) is 138 Å². The Labute approximate surface area is 498 Å². The summed E-state index contributed by atoms with van der Waals surface area (Å²) in [6.07, 6.45) is 13.3. The first-order chi connectivity index (χ1) is 38.3. The van der Waals surface area contributed by atoms with Crippen molar-refractivity contribution < 1.29 is 92.1 Å². The van der Waals surface area contributed by atoms with Crippen molar-refractivity contribution in [2.75, 3.05) is 73.7 Å². The molecule has 81 heavy (non-hydrogen) atoms. The van der Waals surface area contributed by atoms with E-state index in [4.69, 9.17) is 30.8 Å². The summed E-state index contributed by atoms with van der Waals surface area (Å²) >= 11 is 0. The maximum atomic E-state index is 12.4. The molecule has 0 atom stereocenters. The third kappa shape index (κ3) is 28.5. The number of anilines is 4. The smallest absolute Gasteiger partial charge is 0.793 e. The predicted octanol–water partition coefficient (Wildman–Crippen LogP) is 3.05. The minimum atomic E-state index is -0.833.